The molecule has 3 heteroatoms. The van der Waals surface area contributed by atoms with E-state index in [0.717, 1.165) is 11.4 Å². The zero-order valence-corrected chi connectivity index (χ0v) is 12.9. The summed E-state index contributed by atoms with van der Waals surface area (Å²) in [6, 6.07) is 10.1. The molecule has 0 radical (unpaired) electrons. The third-order valence-electron chi connectivity index (χ3n) is 2.85. The van der Waals surface area contributed by atoms with Gasteiger partial charge in [-0.15, -0.1) is 0 Å². The summed E-state index contributed by atoms with van der Waals surface area (Å²) in [7, 11) is 0. The van der Waals surface area contributed by atoms with E-state index in [9.17, 15) is 0 Å². The van der Waals surface area contributed by atoms with Crippen molar-refractivity contribution >= 4 is 5.82 Å². The summed E-state index contributed by atoms with van der Waals surface area (Å²) in [5.41, 5.74) is 9.28. The van der Waals surface area contributed by atoms with Crippen molar-refractivity contribution in [1.29, 1.82) is 0 Å². The zero-order valence-electron chi connectivity index (χ0n) is 12.9. The summed E-state index contributed by atoms with van der Waals surface area (Å²) in [5.74, 6) is 0.684. The van der Waals surface area contributed by atoms with Crippen LogP contribution in [0.1, 0.15) is 45.9 Å². The molecular formula is C16H25N3. The predicted molar refractivity (Wildman–Crippen MR) is 82.8 cm³/mol. The molecule has 0 saturated heterocycles. The van der Waals surface area contributed by atoms with Crippen molar-refractivity contribution in [3.05, 3.63) is 41.6 Å². The van der Waals surface area contributed by atoms with Crippen LogP contribution in [0.2, 0.25) is 0 Å². The number of aryl methyl sites for hydroxylation is 1. The minimum atomic E-state index is 0.0159. The van der Waals surface area contributed by atoms with E-state index in [4.69, 9.17) is 5.73 Å². The van der Waals surface area contributed by atoms with Gasteiger partial charge in [-0.05, 0) is 18.6 Å². The third-order valence-corrected chi connectivity index (χ3v) is 2.85. The molecule has 1 aromatic carbocycles. The number of nitrogens with zero attached hydrogens (tertiary/aromatic N) is 2. The summed E-state index contributed by atoms with van der Waals surface area (Å²) in [6.45, 7) is 12.5. The Kier molecular flexibility index (Phi) is 4.76. The Morgan fingerprint density at radius 1 is 1.11 bits per heavy atom. The molecule has 1 heterocycles. The first kappa shape index (κ1) is 15.3. The Morgan fingerprint density at radius 3 is 2.16 bits per heavy atom. The Morgan fingerprint density at radius 2 is 1.68 bits per heavy atom. The van der Waals surface area contributed by atoms with Gasteiger partial charge >= 0.3 is 0 Å². The summed E-state index contributed by atoms with van der Waals surface area (Å²) in [6.07, 6.45) is 0. The largest absolute Gasteiger partial charge is 0.384 e. The standard InChI is InChI=1S/C14H19N3.C2H6/c1-10-7-5-6-8-11(10)17-13(15)9-12(16-17)14(2,3)4;1-2/h5-9H,15H2,1-4H3;1-2H3. The minimum Gasteiger partial charge on any atom is -0.384 e. The molecule has 1 aromatic heterocycles. The quantitative estimate of drug-likeness (QED) is 0.838. The van der Waals surface area contributed by atoms with Gasteiger partial charge in [0.2, 0.25) is 0 Å². The second-order valence-electron chi connectivity index (χ2n) is 5.40. The number of aromatic nitrogens is 2. The Balaban J connectivity index is 0.000000861. The van der Waals surface area contributed by atoms with Gasteiger partial charge in [-0.25, -0.2) is 4.68 Å². The average Bonchev–Trinajstić information content (AvgIpc) is 2.74. The summed E-state index contributed by atoms with van der Waals surface area (Å²) in [5, 5.41) is 4.60. The number of para-hydroxylation sites is 1. The van der Waals surface area contributed by atoms with Crippen LogP contribution in [0.4, 0.5) is 5.82 Å². The lowest BCUT2D eigenvalue weighted by Gasteiger charge is -2.14. The molecule has 0 fully saturated rings. The van der Waals surface area contributed by atoms with E-state index in [2.05, 4.69) is 38.9 Å². The van der Waals surface area contributed by atoms with E-state index in [1.54, 1.807) is 0 Å². The maximum atomic E-state index is 6.04. The van der Waals surface area contributed by atoms with E-state index < -0.39 is 0 Å². The highest BCUT2D eigenvalue weighted by molar-refractivity contribution is 5.47. The molecular weight excluding hydrogens is 234 g/mol. The molecule has 0 aliphatic rings. The van der Waals surface area contributed by atoms with Crippen LogP contribution in [0, 0.1) is 6.92 Å². The first-order valence-electron chi connectivity index (χ1n) is 6.81. The highest BCUT2D eigenvalue weighted by Crippen LogP contribution is 2.25. The number of nitrogens with two attached hydrogens (primary N) is 1. The van der Waals surface area contributed by atoms with Gasteiger partial charge in [0, 0.05) is 11.5 Å². The highest BCUT2D eigenvalue weighted by atomic mass is 15.3. The Hall–Kier alpha value is -1.77. The van der Waals surface area contributed by atoms with Gasteiger partial charge in [0.15, 0.2) is 0 Å². The van der Waals surface area contributed by atoms with Gasteiger partial charge < -0.3 is 5.73 Å². The maximum absolute atomic E-state index is 6.04. The second kappa shape index (κ2) is 5.91. The SMILES string of the molecule is CC.Cc1ccccc1-n1nc(C(C)(C)C)cc1N. The molecule has 0 atom stereocenters. The number of hydrogen-bond donors (Lipinski definition) is 1. The normalized spacial score (nSPS) is 10.8. The molecule has 0 aliphatic heterocycles. The molecule has 0 aliphatic carbocycles. The monoisotopic (exact) mass is 259 g/mol. The Labute approximate surface area is 116 Å². The van der Waals surface area contributed by atoms with Crippen LogP contribution < -0.4 is 5.73 Å². The molecule has 3 nitrogen and oxygen atoms in total. The predicted octanol–water partition coefficient (Wildman–Crippen LogP) is 4.09. The van der Waals surface area contributed by atoms with Crippen molar-refractivity contribution in [3.8, 4) is 5.69 Å². The van der Waals surface area contributed by atoms with Crippen molar-refractivity contribution < 1.29 is 0 Å². The van der Waals surface area contributed by atoms with Crippen LogP contribution in [0.3, 0.4) is 0 Å². The van der Waals surface area contributed by atoms with Crippen LogP contribution in [0.25, 0.3) is 5.69 Å². The fraction of sp³-hybridized carbons (Fsp3) is 0.438. The Bertz CT molecular complexity index is 533. The van der Waals surface area contributed by atoms with Crippen molar-refractivity contribution in [2.24, 2.45) is 0 Å². The van der Waals surface area contributed by atoms with E-state index >= 15 is 0 Å². The number of rotatable bonds is 1. The smallest absolute Gasteiger partial charge is 0.127 e. The molecule has 2 aromatic rings. The topological polar surface area (TPSA) is 43.8 Å². The number of anilines is 1. The first-order valence-corrected chi connectivity index (χ1v) is 6.81. The van der Waals surface area contributed by atoms with Gasteiger partial charge in [-0.3, -0.25) is 0 Å². The van der Waals surface area contributed by atoms with Crippen LogP contribution in [-0.4, -0.2) is 9.78 Å². The number of nitrogen functional groups attached to an aromatic ring is 1. The van der Waals surface area contributed by atoms with Crippen LogP contribution in [0.5, 0.6) is 0 Å². The van der Waals surface area contributed by atoms with E-state index in [1.165, 1.54) is 5.56 Å². The van der Waals surface area contributed by atoms with Crippen molar-refractivity contribution in [1.82, 2.24) is 9.78 Å². The van der Waals surface area contributed by atoms with Gasteiger partial charge in [-0.1, -0.05) is 52.8 Å². The number of hydrogen-bond acceptors (Lipinski definition) is 2. The average molecular weight is 259 g/mol. The van der Waals surface area contributed by atoms with Crippen LogP contribution in [0.15, 0.2) is 30.3 Å². The van der Waals surface area contributed by atoms with E-state index in [-0.39, 0.29) is 5.41 Å². The molecule has 0 spiro atoms. The van der Waals surface area contributed by atoms with Crippen molar-refractivity contribution in [2.45, 2.75) is 47.0 Å². The lowest BCUT2D eigenvalue weighted by atomic mass is 9.92. The molecule has 2 N–H and O–H groups in total. The van der Waals surface area contributed by atoms with E-state index in [0.29, 0.717) is 5.82 Å². The first-order chi connectivity index (χ1) is 8.89. The van der Waals surface area contributed by atoms with Crippen molar-refractivity contribution in [2.75, 3.05) is 5.73 Å². The second-order valence-corrected chi connectivity index (χ2v) is 5.40. The van der Waals surface area contributed by atoms with Gasteiger partial charge in [-0.2, -0.15) is 5.10 Å². The fourth-order valence-corrected chi connectivity index (χ4v) is 1.76. The van der Waals surface area contributed by atoms with Crippen LogP contribution in [-0.2, 0) is 5.41 Å². The summed E-state index contributed by atoms with van der Waals surface area (Å²) >= 11 is 0. The summed E-state index contributed by atoms with van der Waals surface area (Å²) < 4.78 is 1.82. The van der Waals surface area contributed by atoms with Gasteiger partial charge in [0.1, 0.15) is 5.82 Å². The molecule has 104 valence electrons. The molecule has 0 bridgehead atoms. The molecule has 2 rings (SSSR count). The van der Waals surface area contributed by atoms with Crippen LogP contribution >= 0.6 is 0 Å². The zero-order chi connectivity index (χ0) is 14.6. The molecule has 0 amide bonds. The molecule has 0 unspecified atom stereocenters. The molecule has 19 heavy (non-hydrogen) atoms. The lowest BCUT2D eigenvalue weighted by Crippen LogP contribution is -2.12. The summed E-state index contributed by atoms with van der Waals surface area (Å²) in [4.78, 5) is 0. The number of benzene rings is 1. The fourth-order valence-electron chi connectivity index (χ4n) is 1.76. The molecule has 0 saturated carbocycles. The third kappa shape index (κ3) is 3.37. The van der Waals surface area contributed by atoms with Gasteiger partial charge in [0.05, 0.1) is 11.4 Å². The van der Waals surface area contributed by atoms with E-state index in [1.807, 2.05) is 42.8 Å². The maximum Gasteiger partial charge on any atom is 0.127 e. The highest BCUT2D eigenvalue weighted by Gasteiger charge is 2.19. The van der Waals surface area contributed by atoms with Crippen molar-refractivity contribution in [3.63, 3.8) is 0 Å². The van der Waals surface area contributed by atoms with Gasteiger partial charge in [0.25, 0.3) is 0 Å². The lowest BCUT2D eigenvalue weighted by molar-refractivity contribution is 0.560. The minimum absolute atomic E-state index is 0.0159.